The normalized spacial score (nSPS) is 17.9. The van der Waals surface area contributed by atoms with Crippen LogP contribution in [0.4, 0.5) is 5.82 Å². The van der Waals surface area contributed by atoms with Crippen molar-refractivity contribution in [3.05, 3.63) is 23.9 Å². The molecule has 4 heteroatoms. The van der Waals surface area contributed by atoms with E-state index in [1.807, 2.05) is 12.1 Å². The van der Waals surface area contributed by atoms with Crippen LogP contribution in [0.25, 0.3) is 0 Å². The van der Waals surface area contributed by atoms with Gasteiger partial charge in [-0.2, -0.15) is 0 Å². The predicted octanol–water partition coefficient (Wildman–Crippen LogP) is 2.71. The second-order valence-corrected chi connectivity index (χ2v) is 5.21. The standard InChI is InChI=1S/C13H19N3S/c1-9(10-4-2-3-5-10)16-12-8-11(13(14)17)6-7-15-12/h6-10H,2-5H2,1H3,(H2,14,17)(H,15,16). The van der Waals surface area contributed by atoms with Crippen molar-refractivity contribution < 1.29 is 0 Å². The topological polar surface area (TPSA) is 50.9 Å². The van der Waals surface area contributed by atoms with Crippen molar-refractivity contribution in [1.29, 1.82) is 0 Å². The Kier molecular flexibility index (Phi) is 3.94. The van der Waals surface area contributed by atoms with Gasteiger partial charge in [0.15, 0.2) is 0 Å². The third kappa shape index (κ3) is 3.16. The molecule has 0 aromatic carbocycles. The second kappa shape index (κ2) is 5.45. The molecule has 0 radical (unpaired) electrons. The molecule has 1 heterocycles. The van der Waals surface area contributed by atoms with Crippen molar-refractivity contribution in [2.75, 3.05) is 5.32 Å². The van der Waals surface area contributed by atoms with E-state index in [-0.39, 0.29) is 0 Å². The molecule has 0 saturated heterocycles. The summed E-state index contributed by atoms with van der Waals surface area (Å²) in [6.45, 7) is 2.23. The molecule has 1 aliphatic carbocycles. The van der Waals surface area contributed by atoms with Crippen LogP contribution in [0.5, 0.6) is 0 Å². The first-order chi connectivity index (χ1) is 8.16. The van der Waals surface area contributed by atoms with E-state index in [0.717, 1.165) is 17.3 Å². The van der Waals surface area contributed by atoms with E-state index < -0.39 is 0 Å². The molecule has 1 aromatic heterocycles. The number of nitrogens with two attached hydrogens (primary N) is 1. The minimum Gasteiger partial charge on any atom is -0.389 e. The SMILES string of the molecule is CC(Nc1cc(C(N)=S)ccn1)C1CCCC1. The fourth-order valence-corrected chi connectivity index (χ4v) is 2.60. The quantitative estimate of drug-likeness (QED) is 0.806. The predicted molar refractivity (Wildman–Crippen MR) is 75.2 cm³/mol. The monoisotopic (exact) mass is 249 g/mol. The summed E-state index contributed by atoms with van der Waals surface area (Å²) in [5.41, 5.74) is 6.48. The summed E-state index contributed by atoms with van der Waals surface area (Å²) in [6.07, 6.45) is 7.11. The third-order valence-electron chi connectivity index (χ3n) is 3.53. The molecule has 1 fully saturated rings. The van der Waals surface area contributed by atoms with E-state index in [0.29, 0.717) is 11.0 Å². The molecule has 2 rings (SSSR count). The van der Waals surface area contributed by atoms with E-state index in [4.69, 9.17) is 18.0 Å². The number of nitrogens with one attached hydrogen (secondary N) is 1. The molecule has 0 amide bonds. The Morgan fingerprint density at radius 1 is 1.53 bits per heavy atom. The highest BCUT2D eigenvalue weighted by Crippen LogP contribution is 2.28. The highest BCUT2D eigenvalue weighted by atomic mass is 32.1. The summed E-state index contributed by atoms with van der Waals surface area (Å²) in [5.74, 6) is 1.64. The molecular weight excluding hydrogens is 230 g/mol. The number of aromatic nitrogens is 1. The van der Waals surface area contributed by atoms with Crippen molar-refractivity contribution >= 4 is 23.0 Å². The van der Waals surface area contributed by atoms with Crippen LogP contribution in [0.15, 0.2) is 18.3 Å². The van der Waals surface area contributed by atoms with E-state index in [2.05, 4.69) is 17.2 Å². The van der Waals surface area contributed by atoms with Crippen LogP contribution in [0, 0.1) is 5.92 Å². The van der Waals surface area contributed by atoms with Crippen LogP contribution in [-0.4, -0.2) is 16.0 Å². The lowest BCUT2D eigenvalue weighted by atomic mass is 10.00. The summed E-state index contributed by atoms with van der Waals surface area (Å²) >= 11 is 4.96. The zero-order valence-corrected chi connectivity index (χ0v) is 11.0. The Labute approximate surface area is 108 Å². The highest BCUT2D eigenvalue weighted by Gasteiger charge is 2.21. The van der Waals surface area contributed by atoms with Crippen LogP contribution in [-0.2, 0) is 0 Å². The zero-order valence-electron chi connectivity index (χ0n) is 10.1. The molecule has 1 unspecified atom stereocenters. The van der Waals surface area contributed by atoms with E-state index in [9.17, 15) is 0 Å². The van der Waals surface area contributed by atoms with Crippen molar-refractivity contribution in [3.8, 4) is 0 Å². The van der Waals surface area contributed by atoms with Crippen LogP contribution >= 0.6 is 12.2 Å². The molecule has 1 atom stereocenters. The van der Waals surface area contributed by atoms with Crippen LogP contribution in [0.3, 0.4) is 0 Å². The fourth-order valence-electron chi connectivity index (χ4n) is 2.47. The molecule has 0 aliphatic heterocycles. The highest BCUT2D eigenvalue weighted by molar-refractivity contribution is 7.80. The summed E-state index contributed by atoms with van der Waals surface area (Å²) in [4.78, 5) is 4.73. The molecule has 92 valence electrons. The first-order valence-electron chi connectivity index (χ1n) is 6.19. The van der Waals surface area contributed by atoms with Gasteiger partial charge in [0.05, 0.1) is 0 Å². The van der Waals surface area contributed by atoms with E-state index in [1.54, 1.807) is 6.20 Å². The van der Waals surface area contributed by atoms with Crippen molar-refractivity contribution in [2.45, 2.75) is 38.6 Å². The van der Waals surface area contributed by atoms with Gasteiger partial charge in [0.1, 0.15) is 10.8 Å². The lowest BCUT2D eigenvalue weighted by molar-refractivity contribution is 0.481. The zero-order chi connectivity index (χ0) is 12.3. The largest absolute Gasteiger partial charge is 0.389 e. The number of nitrogens with zero attached hydrogens (tertiary/aromatic N) is 1. The van der Waals surface area contributed by atoms with Gasteiger partial charge < -0.3 is 11.1 Å². The number of hydrogen-bond acceptors (Lipinski definition) is 3. The fraction of sp³-hybridized carbons (Fsp3) is 0.538. The number of pyridine rings is 1. The van der Waals surface area contributed by atoms with Crippen molar-refractivity contribution in [3.63, 3.8) is 0 Å². The first-order valence-corrected chi connectivity index (χ1v) is 6.60. The number of hydrogen-bond donors (Lipinski definition) is 2. The van der Waals surface area contributed by atoms with Gasteiger partial charge in [-0.3, -0.25) is 0 Å². The molecule has 1 saturated carbocycles. The molecule has 3 nitrogen and oxygen atoms in total. The maximum absolute atomic E-state index is 5.61. The van der Waals surface area contributed by atoms with Crippen LogP contribution < -0.4 is 11.1 Å². The number of thiocarbonyl (C=S) groups is 1. The molecular formula is C13H19N3S. The van der Waals surface area contributed by atoms with Crippen LogP contribution in [0.2, 0.25) is 0 Å². The van der Waals surface area contributed by atoms with Crippen molar-refractivity contribution in [2.24, 2.45) is 11.7 Å². The first kappa shape index (κ1) is 12.3. The minimum absolute atomic E-state index is 0.420. The Hall–Kier alpha value is -1.16. The molecule has 1 aliphatic rings. The molecule has 0 spiro atoms. The summed E-state index contributed by atoms with van der Waals surface area (Å²) < 4.78 is 0. The summed E-state index contributed by atoms with van der Waals surface area (Å²) in [5, 5.41) is 3.45. The van der Waals surface area contributed by atoms with Gasteiger partial charge in [-0.15, -0.1) is 0 Å². The smallest absolute Gasteiger partial charge is 0.126 e. The Balaban J connectivity index is 2.02. The maximum atomic E-state index is 5.61. The van der Waals surface area contributed by atoms with Gasteiger partial charge in [-0.25, -0.2) is 4.98 Å². The average molecular weight is 249 g/mol. The number of rotatable bonds is 4. The van der Waals surface area contributed by atoms with Gasteiger partial charge in [-0.1, -0.05) is 25.1 Å². The molecule has 17 heavy (non-hydrogen) atoms. The Bertz CT molecular complexity index is 399. The van der Waals surface area contributed by atoms with Crippen LogP contribution in [0.1, 0.15) is 38.2 Å². The van der Waals surface area contributed by atoms with Gasteiger partial charge in [-0.05, 0) is 37.8 Å². The van der Waals surface area contributed by atoms with E-state index >= 15 is 0 Å². The van der Waals surface area contributed by atoms with Gasteiger partial charge in [0, 0.05) is 17.8 Å². The lowest BCUT2D eigenvalue weighted by Gasteiger charge is -2.21. The molecule has 1 aromatic rings. The lowest BCUT2D eigenvalue weighted by Crippen LogP contribution is -2.24. The van der Waals surface area contributed by atoms with Gasteiger partial charge >= 0.3 is 0 Å². The van der Waals surface area contributed by atoms with Crippen molar-refractivity contribution in [1.82, 2.24) is 4.98 Å². The van der Waals surface area contributed by atoms with Gasteiger partial charge in [0.25, 0.3) is 0 Å². The molecule has 0 bridgehead atoms. The number of anilines is 1. The Morgan fingerprint density at radius 2 is 2.24 bits per heavy atom. The summed E-state index contributed by atoms with van der Waals surface area (Å²) in [7, 11) is 0. The minimum atomic E-state index is 0.420. The average Bonchev–Trinajstić information content (AvgIpc) is 2.82. The third-order valence-corrected chi connectivity index (χ3v) is 3.76. The Morgan fingerprint density at radius 3 is 2.88 bits per heavy atom. The summed E-state index contributed by atoms with van der Waals surface area (Å²) in [6, 6.07) is 4.23. The van der Waals surface area contributed by atoms with Gasteiger partial charge in [0.2, 0.25) is 0 Å². The van der Waals surface area contributed by atoms with E-state index in [1.165, 1.54) is 25.7 Å². The second-order valence-electron chi connectivity index (χ2n) is 4.77. The molecule has 3 N–H and O–H groups in total. The maximum Gasteiger partial charge on any atom is 0.126 e.